The van der Waals surface area contributed by atoms with Gasteiger partial charge in [-0.2, -0.15) is 0 Å². The molecule has 4 heteroatoms. The van der Waals surface area contributed by atoms with E-state index in [-0.39, 0.29) is 5.97 Å². The number of nitrogens with one attached hydrogen (secondary N) is 1. The Labute approximate surface area is 122 Å². The molecule has 4 nitrogen and oxygen atoms in total. The van der Waals surface area contributed by atoms with Crippen LogP contribution in [0.2, 0.25) is 0 Å². The summed E-state index contributed by atoms with van der Waals surface area (Å²) in [6.07, 6.45) is 6.48. The number of carbonyl (C=O) groups is 1. The fraction of sp³-hybridized carbons (Fsp3) is 0.938. The maximum atomic E-state index is 12.5. The van der Waals surface area contributed by atoms with Gasteiger partial charge in [0, 0.05) is 19.6 Å². The van der Waals surface area contributed by atoms with Gasteiger partial charge in [-0.1, -0.05) is 6.42 Å². The van der Waals surface area contributed by atoms with Crippen molar-refractivity contribution in [1.29, 1.82) is 0 Å². The van der Waals surface area contributed by atoms with E-state index in [1.165, 1.54) is 32.4 Å². The van der Waals surface area contributed by atoms with Crippen LogP contribution in [0, 0.1) is 17.8 Å². The number of carbonyl (C=O) groups excluding carboxylic acids is 1. The first-order valence-electron chi connectivity index (χ1n) is 8.28. The molecule has 0 radical (unpaired) electrons. The second kappa shape index (κ2) is 5.64. The van der Waals surface area contributed by atoms with Crippen LogP contribution in [0.25, 0.3) is 0 Å². The van der Waals surface area contributed by atoms with Crippen molar-refractivity contribution in [2.75, 3.05) is 33.3 Å². The average molecular weight is 280 g/mol. The summed E-state index contributed by atoms with van der Waals surface area (Å²) >= 11 is 0. The molecule has 2 saturated carbocycles. The summed E-state index contributed by atoms with van der Waals surface area (Å²) in [5, 5.41) is 3.34. The van der Waals surface area contributed by atoms with Crippen LogP contribution in [-0.4, -0.2) is 49.7 Å². The van der Waals surface area contributed by atoms with E-state index in [1.54, 1.807) is 0 Å². The Morgan fingerprint density at radius 3 is 2.40 bits per heavy atom. The molecule has 0 aromatic heterocycles. The summed E-state index contributed by atoms with van der Waals surface area (Å²) in [6, 6.07) is 0. The second-order valence-corrected chi connectivity index (χ2v) is 6.86. The number of likely N-dealkylation sites (N-methyl/N-ethyl adjacent to an activating group) is 1. The quantitative estimate of drug-likeness (QED) is 0.751. The third kappa shape index (κ3) is 2.48. The summed E-state index contributed by atoms with van der Waals surface area (Å²) in [7, 11) is 1.92. The zero-order valence-corrected chi connectivity index (χ0v) is 12.9. The number of rotatable bonds is 6. The van der Waals surface area contributed by atoms with Crippen molar-refractivity contribution in [3.63, 3.8) is 0 Å². The van der Waals surface area contributed by atoms with Crippen LogP contribution < -0.4 is 5.32 Å². The zero-order chi connectivity index (χ0) is 14.2. The molecule has 1 heterocycles. The first kappa shape index (κ1) is 14.3. The van der Waals surface area contributed by atoms with Gasteiger partial charge in [-0.3, -0.25) is 0 Å². The Morgan fingerprint density at radius 1 is 1.25 bits per heavy atom. The summed E-state index contributed by atoms with van der Waals surface area (Å²) < 4.78 is 5.38. The Bertz CT molecular complexity index is 357. The Kier molecular flexibility index (Phi) is 4.04. The fourth-order valence-corrected chi connectivity index (χ4v) is 4.40. The van der Waals surface area contributed by atoms with Crippen LogP contribution in [0.3, 0.4) is 0 Å². The smallest absolute Gasteiger partial charge is 0.327 e. The molecule has 2 aliphatic carbocycles. The Hall–Kier alpha value is -0.610. The molecule has 0 aromatic carbocycles. The van der Waals surface area contributed by atoms with Gasteiger partial charge in [-0.25, -0.2) is 4.79 Å². The van der Waals surface area contributed by atoms with Crippen LogP contribution in [-0.2, 0) is 9.53 Å². The van der Waals surface area contributed by atoms with Crippen molar-refractivity contribution < 1.29 is 9.53 Å². The van der Waals surface area contributed by atoms with Crippen molar-refractivity contribution in [2.24, 2.45) is 17.8 Å². The molecular formula is C16H28N2O2. The van der Waals surface area contributed by atoms with Crippen LogP contribution >= 0.6 is 0 Å². The zero-order valence-electron chi connectivity index (χ0n) is 12.9. The van der Waals surface area contributed by atoms with Gasteiger partial charge >= 0.3 is 5.97 Å². The van der Waals surface area contributed by atoms with E-state index in [9.17, 15) is 4.79 Å². The predicted molar refractivity (Wildman–Crippen MR) is 78.4 cm³/mol. The van der Waals surface area contributed by atoms with E-state index < -0.39 is 5.54 Å². The molecule has 3 fully saturated rings. The minimum Gasteiger partial charge on any atom is -0.465 e. The SMILES string of the molecule is CCOC(=O)C(CN1CC2CCCC2C1)(NC)C1CC1. The molecule has 0 amide bonds. The predicted octanol–water partition coefficient (Wildman–Crippen LogP) is 1.65. The van der Waals surface area contributed by atoms with Crippen LogP contribution in [0.5, 0.6) is 0 Å². The highest BCUT2D eigenvalue weighted by Gasteiger charge is 2.53. The molecule has 3 rings (SSSR count). The van der Waals surface area contributed by atoms with E-state index in [4.69, 9.17) is 4.74 Å². The van der Waals surface area contributed by atoms with E-state index in [0.717, 1.165) is 31.2 Å². The van der Waals surface area contributed by atoms with E-state index in [1.807, 2.05) is 14.0 Å². The molecule has 114 valence electrons. The molecule has 1 N–H and O–H groups in total. The van der Waals surface area contributed by atoms with Gasteiger partial charge < -0.3 is 15.0 Å². The van der Waals surface area contributed by atoms with Gasteiger partial charge in [0.1, 0.15) is 5.54 Å². The lowest BCUT2D eigenvalue weighted by molar-refractivity contribution is -0.153. The summed E-state index contributed by atoms with van der Waals surface area (Å²) in [6.45, 7) is 5.56. The maximum Gasteiger partial charge on any atom is 0.327 e. The normalized spacial score (nSPS) is 32.9. The van der Waals surface area contributed by atoms with Gasteiger partial charge in [0.05, 0.1) is 6.61 Å². The molecular weight excluding hydrogens is 252 g/mol. The number of nitrogens with zero attached hydrogens (tertiary/aromatic N) is 1. The molecule has 3 atom stereocenters. The number of esters is 1. The minimum absolute atomic E-state index is 0.0398. The highest BCUT2D eigenvalue weighted by Crippen LogP contribution is 2.43. The molecule has 20 heavy (non-hydrogen) atoms. The molecule has 1 aliphatic heterocycles. The minimum atomic E-state index is -0.464. The Balaban J connectivity index is 1.68. The lowest BCUT2D eigenvalue weighted by atomic mass is 9.92. The van der Waals surface area contributed by atoms with Crippen LogP contribution in [0.15, 0.2) is 0 Å². The summed E-state index contributed by atoms with van der Waals surface area (Å²) in [5.74, 6) is 2.19. The first-order chi connectivity index (χ1) is 9.69. The maximum absolute atomic E-state index is 12.5. The third-order valence-electron chi connectivity index (χ3n) is 5.63. The van der Waals surface area contributed by atoms with Gasteiger partial charge in [0.2, 0.25) is 0 Å². The number of likely N-dealkylation sites (tertiary alicyclic amines) is 1. The standard InChI is InChI=1S/C16H28N2O2/c1-3-20-15(19)16(17-2,14-7-8-14)11-18-9-12-5-4-6-13(12)10-18/h12-14,17H,3-11H2,1-2H3. The second-order valence-electron chi connectivity index (χ2n) is 6.86. The molecule has 0 bridgehead atoms. The van der Waals surface area contributed by atoms with E-state index >= 15 is 0 Å². The van der Waals surface area contributed by atoms with E-state index in [0.29, 0.717) is 12.5 Å². The lowest BCUT2D eigenvalue weighted by Gasteiger charge is -2.35. The van der Waals surface area contributed by atoms with E-state index in [2.05, 4.69) is 10.2 Å². The van der Waals surface area contributed by atoms with Gasteiger partial charge in [-0.05, 0) is 57.4 Å². The number of ether oxygens (including phenoxy) is 1. The van der Waals surface area contributed by atoms with Crippen molar-refractivity contribution in [3.8, 4) is 0 Å². The molecule has 3 unspecified atom stereocenters. The average Bonchev–Trinajstić information content (AvgIpc) is 3.08. The van der Waals surface area contributed by atoms with Gasteiger partial charge in [0.25, 0.3) is 0 Å². The monoisotopic (exact) mass is 280 g/mol. The highest BCUT2D eigenvalue weighted by atomic mass is 16.5. The molecule has 3 aliphatic rings. The number of hydrogen-bond donors (Lipinski definition) is 1. The Morgan fingerprint density at radius 2 is 1.90 bits per heavy atom. The topological polar surface area (TPSA) is 41.6 Å². The fourth-order valence-electron chi connectivity index (χ4n) is 4.40. The summed E-state index contributed by atoms with van der Waals surface area (Å²) in [4.78, 5) is 15.0. The van der Waals surface area contributed by atoms with Crippen LogP contribution in [0.1, 0.15) is 39.0 Å². The highest BCUT2D eigenvalue weighted by molar-refractivity contribution is 5.82. The lowest BCUT2D eigenvalue weighted by Crippen LogP contribution is -2.60. The summed E-state index contributed by atoms with van der Waals surface area (Å²) in [5.41, 5.74) is -0.464. The van der Waals surface area contributed by atoms with Crippen molar-refractivity contribution in [1.82, 2.24) is 10.2 Å². The van der Waals surface area contributed by atoms with Crippen molar-refractivity contribution >= 4 is 5.97 Å². The van der Waals surface area contributed by atoms with Gasteiger partial charge in [0.15, 0.2) is 0 Å². The first-order valence-corrected chi connectivity index (χ1v) is 8.28. The van der Waals surface area contributed by atoms with Crippen LogP contribution in [0.4, 0.5) is 0 Å². The van der Waals surface area contributed by atoms with Gasteiger partial charge in [-0.15, -0.1) is 0 Å². The third-order valence-corrected chi connectivity index (χ3v) is 5.63. The van der Waals surface area contributed by atoms with Crippen molar-refractivity contribution in [3.05, 3.63) is 0 Å². The molecule has 0 spiro atoms. The van der Waals surface area contributed by atoms with Crippen molar-refractivity contribution in [2.45, 2.75) is 44.6 Å². The molecule has 1 saturated heterocycles. The largest absolute Gasteiger partial charge is 0.465 e. The number of fused-ring (bicyclic) bond motifs is 1. The number of hydrogen-bond acceptors (Lipinski definition) is 4. The molecule has 0 aromatic rings.